The molecule has 130 valence electrons. The molecule has 5 nitrogen and oxygen atoms in total. The van der Waals surface area contributed by atoms with Crippen molar-refractivity contribution in [2.24, 2.45) is 0 Å². The Kier molecular flexibility index (Phi) is 5.84. The molecule has 0 saturated carbocycles. The van der Waals surface area contributed by atoms with E-state index in [0.29, 0.717) is 13.1 Å². The van der Waals surface area contributed by atoms with E-state index in [0.717, 1.165) is 36.1 Å². The van der Waals surface area contributed by atoms with E-state index in [4.69, 9.17) is 0 Å². The molecule has 1 heterocycles. The second-order valence-electron chi connectivity index (χ2n) is 6.71. The van der Waals surface area contributed by atoms with Crippen LogP contribution in [0.5, 0.6) is 0 Å². The highest BCUT2D eigenvalue weighted by Gasteiger charge is 2.29. The van der Waals surface area contributed by atoms with Crippen LogP contribution in [0, 0.1) is 13.8 Å². The number of sulfonamides is 1. The summed E-state index contributed by atoms with van der Waals surface area (Å²) in [7, 11) is -1.53. The van der Waals surface area contributed by atoms with Gasteiger partial charge in [-0.1, -0.05) is 23.8 Å². The normalized spacial score (nSPS) is 21.6. The summed E-state index contributed by atoms with van der Waals surface area (Å²) in [6, 6.07) is 6.10. The standard InChI is InChI=1S/C17H28N2O3S/c1-13-7-8-14(2)16(10-13)17(20)12-19-9-5-6-15(11-19)18(3)23(4,21)22/h7-8,10,15,17,20H,5-6,9,11-12H2,1-4H3/t15-,17+/m0/s1. The van der Waals surface area contributed by atoms with Crippen molar-refractivity contribution in [3.05, 3.63) is 34.9 Å². The second kappa shape index (κ2) is 7.30. The predicted octanol–water partition coefficient (Wildman–Crippen LogP) is 1.69. The Balaban J connectivity index is 2.03. The molecule has 1 saturated heterocycles. The van der Waals surface area contributed by atoms with Crippen molar-refractivity contribution >= 4 is 10.0 Å². The van der Waals surface area contributed by atoms with Crippen LogP contribution < -0.4 is 0 Å². The summed E-state index contributed by atoms with van der Waals surface area (Å²) in [6.45, 7) is 6.14. The molecule has 0 aromatic heterocycles. The van der Waals surface area contributed by atoms with Crippen molar-refractivity contribution in [1.82, 2.24) is 9.21 Å². The highest BCUT2D eigenvalue weighted by Crippen LogP contribution is 2.23. The molecule has 1 aliphatic rings. The molecule has 1 aliphatic heterocycles. The Hall–Kier alpha value is -0.950. The summed E-state index contributed by atoms with van der Waals surface area (Å²) < 4.78 is 24.9. The molecule has 0 aliphatic carbocycles. The number of hydrogen-bond donors (Lipinski definition) is 1. The average molecular weight is 340 g/mol. The first-order valence-corrected chi connectivity index (χ1v) is 9.94. The van der Waals surface area contributed by atoms with Crippen LogP contribution in [0.2, 0.25) is 0 Å². The zero-order valence-corrected chi connectivity index (χ0v) is 15.3. The molecule has 2 atom stereocenters. The van der Waals surface area contributed by atoms with Crippen molar-refractivity contribution in [2.75, 3.05) is 32.9 Å². The molecule has 0 spiro atoms. The van der Waals surface area contributed by atoms with Gasteiger partial charge in [-0.05, 0) is 44.4 Å². The topological polar surface area (TPSA) is 60.9 Å². The van der Waals surface area contributed by atoms with Crippen LogP contribution in [0.1, 0.15) is 35.6 Å². The van der Waals surface area contributed by atoms with Gasteiger partial charge in [0.1, 0.15) is 0 Å². The Morgan fingerprint density at radius 1 is 1.39 bits per heavy atom. The van der Waals surface area contributed by atoms with E-state index >= 15 is 0 Å². The Bertz CT molecular complexity index is 645. The summed E-state index contributed by atoms with van der Waals surface area (Å²) in [5, 5.41) is 10.6. The minimum absolute atomic E-state index is 0.00967. The van der Waals surface area contributed by atoms with Gasteiger partial charge in [-0.15, -0.1) is 0 Å². The Morgan fingerprint density at radius 2 is 2.09 bits per heavy atom. The van der Waals surface area contributed by atoms with Crippen LogP contribution in [0.15, 0.2) is 18.2 Å². The first kappa shape index (κ1) is 18.4. The number of aliphatic hydroxyl groups excluding tert-OH is 1. The van der Waals surface area contributed by atoms with E-state index in [9.17, 15) is 13.5 Å². The van der Waals surface area contributed by atoms with Crippen molar-refractivity contribution in [2.45, 2.75) is 38.8 Å². The quantitative estimate of drug-likeness (QED) is 0.886. The van der Waals surface area contributed by atoms with Gasteiger partial charge in [0.25, 0.3) is 0 Å². The number of nitrogens with zero attached hydrogens (tertiary/aromatic N) is 2. The number of likely N-dealkylation sites (tertiary alicyclic amines) is 1. The van der Waals surface area contributed by atoms with Gasteiger partial charge in [0.05, 0.1) is 12.4 Å². The third kappa shape index (κ3) is 4.76. The predicted molar refractivity (Wildman–Crippen MR) is 92.9 cm³/mol. The van der Waals surface area contributed by atoms with Gasteiger partial charge < -0.3 is 5.11 Å². The molecule has 1 fully saturated rings. The van der Waals surface area contributed by atoms with Gasteiger partial charge in [0.2, 0.25) is 10.0 Å². The molecule has 1 aromatic rings. The first-order chi connectivity index (χ1) is 10.7. The van der Waals surface area contributed by atoms with Crippen LogP contribution >= 0.6 is 0 Å². The maximum Gasteiger partial charge on any atom is 0.211 e. The van der Waals surface area contributed by atoms with Gasteiger partial charge in [-0.3, -0.25) is 4.90 Å². The SMILES string of the molecule is Cc1ccc(C)c([C@H](O)CN2CCC[C@H](N(C)S(C)(=O)=O)C2)c1. The number of piperidine rings is 1. The molecule has 0 bridgehead atoms. The van der Waals surface area contributed by atoms with Gasteiger partial charge in [0, 0.05) is 26.2 Å². The van der Waals surface area contributed by atoms with Crippen LogP contribution in [0.3, 0.4) is 0 Å². The summed E-state index contributed by atoms with van der Waals surface area (Å²) in [4.78, 5) is 2.17. The van der Waals surface area contributed by atoms with Crippen LogP contribution in [0.4, 0.5) is 0 Å². The lowest BCUT2D eigenvalue weighted by Gasteiger charge is -2.37. The fraction of sp³-hybridized carbons (Fsp3) is 0.647. The zero-order valence-electron chi connectivity index (χ0n) is 14.5. The molecule has 0 amide bonds. The smallest absolute Gasteiger partial charge is 0.211 e. The lowest BCUT2D eigenvalue weighted by Crippen LogP contribution is -2.49. The van der Waals surface area contributed by atoms with E-state index in [1.54, 1.807) is 7.05 Å². The fourth-order valence-electron chi connectivity index (χ4n) is 3.23. The molecule has 0 radical (unpaired) electrons. The van der Waals surface area contributed by atoms with Crippen molar-refractivity contribution in [1.29, 1.82) is 0 Å². The van der Waals surface area contributed by atoms with E-state index in [-0.39, 0.29) is 6.04 Å². The molecule has 1 aromatic carbocycles. The second-order valence-corrected chi connectivity index (χ2v) is 8.75. The summed E-state index contributed by atoms with van der Waals surface area (Å²) in [5.41, 5.74) is 3.19. The highest BCUT2D eigenvalue weighted by molar-refractivity contribution is 7.88. The number of rotatable bonds is 5. The summed E-state index contributed by atoms with van der Waals surface area (Å²) >= 11 is 0. The molecule has 0 unspecified atom stereocenters. The van der Waals surface area contributed by atoms with Crippen LogP contribution in [0.25, 0.3) is 0 Å². The van der Waals surface area contributed by atoms with Gasteiger partial charge in [0.15, 0.2) is 0 Å². The van der Waals surface area contributed by atoms with E-state index in [2.05, 4.69) is 4.90 Å². The van der Waals surface area contributed by atoms with Gasteiger partial charge in [-0.25, -0.2) is 12.7 Å². The number of aliphatic hydroxyl groups is 1. The molecule has 2 rings (SSSR count). The Morgan fingerprint density at radius 3 is 2.74 bits per heavy atom. The molecular weight excluding hydrogens is 312 g/mol. The van der Waals surface area contributed by atoms with Gasteiger partial charge in [-0.2, -0.15) is 0 Å². The highest BCUT2D eigenvalue weighted by atomic mass is 32.2. The Labute approximate surface area is 140 Å². The number of β-amino-alcohol motifs (C(OH)–C–C–N with tert-alkyl or cyclic N) is 1. The molecule has 1 N–H and O–H groups in total. The van der Waals surface area contributed by atoms with E-state index in [1.165, 1.54) is 10.6 Å². The maximum atomic E-state index is 11.7. The molecular formula is C17H28N2O3S. The van der Waals surface area contributed by atoms with Crippen molar-refractivity contribution in [3.63, 3.8) is 0 Å². The molecule has 23 heavy (non-hydrogen) atoms. The zero-order chi connectivity index (χ0) is 17.2. The number of hydrogen-bond acceptors (Lipinski definition) is 4. The third-order valence-electron chi connectivity index (χ3n) is 4.74. The first-order valence-electron chi connectivity index (χ1n) is 8.09. The lowest BCUT2D eigenvalue weighted by atomic mass is 9.99. The van der Waals surface area contributed by atoms with Crippen molar-refractivity contribution < 1.29 is 13.5 Å². The summed E-state index contributed by atoms with van der Waals surface area (Å²) in [6.07, 6.45) is 2.53. The maximum absolute atomic E-state index is 11.7. The monoisotopic (exact) mass is 340 g/mol. The average Bonchev–Trinajstić information content (AvgIpc) is 2.48. The number of benzene rings is 1. The largest absolute Gasteiger partial charge is 0.387 e. The minimum Gasteiger partial charge on any atom is -0.387 e. The van der Waals surface area contributed by atoms with E-state index < -0.39 is 16.1 Å². The fourth-order valence-corrected chi connectivity index (χ4v) is 3.94. The summed E-state index contributed by atoms with van der Waals surface area (Å²) in [5.74, 6) is 0. The molecule has 6 heteroatoms. The lowest BCUT2D eigenvalue weighted by molar-refractivity contribution is 0.0814. The number of aryl methyl sites for hydroxylation is 2. The van der Waals surface area contributed by atoms with Crippen LogP contribution in [-0.4, -0.2) is 61.7 Å². The minimum atomic E-state index is -3.17. The third-order valence-corrected chi connectivity index (χ3v) is 6.09. The van der Waals surface area contributed by atoms with Gasteiger partial charge >= 0.3 is 0 Å². The number of likely N-dealkylation sites (N-methyl/N-ethyl adjacent to an activating group) is 1. The van der Waals surface area contributed by atoms with Crippen LogP contribution in [-0.2, 0) is 10.0 Å². The van der Waals surface area contributed by atoms with E-state index in [1.807, 2.05) is 32.0 Å². The van der Waals surface area contributed by atoms with Crippen molar-refractivity contribution in [3.8, 4) is 0 Å².